The maximum Gasteiger partial charge on any atom is 0.346 e. The molecule has 35 heavy (non-hydrogen) atoms. The van der Waals surface area contributed by atoms with Gasteiger partial charge in [-0.1, -0.05) is 60.7 Å². The van der Waals surface area contributed by atoms with Crippen molar-refractivity contribution in [2.45, 2.75) is 31.6 Å². The van der Waals surface area contributed by atoms with Crippen LogP contribution in [-0.2, 0) is 38.7 Å². The van der Waals surface area contributed by atoms with Gasteiger partial charge in [0.25, 0.3) is 5.54 Å². The highest BCUT2D eigenvalue weighted by Gasteiger charge is 2.49. The lowest BCUT2D eigenvalue weighted by Gasteiger charge is -2.25. The zero-order chi connectivity index (χ0) is 24.7. The molecule has 0 aromatic heterocycles. The summed E-state index contributed by atoms with van der Waals surface area (Å²) in [5.41, 5.74) is 1.40. The molecule has 7 nitrogen and oxygen atoms in total. The van der Waals surface area contributed by atoms with Gasteiger partial charge in [-0.2, -0.15) is 0 Å². The second-order valence-electron chi connectivity index (χ2n) is 8.15. The number of methoxy groups -OCH3 is 2. The zero-order valence-electron chi connectivity index (χ0n) is 19.7. The standard InChI is InChI=1S/C28H27NO6/c1-32-24-15-22-13-14-28(29-17-23(22)16-25(24)33-2,26(30)34-18-20-9-5-3-6-10-20)27(31)35-19-21-11-7-4-8-12-21/h3-12,15-17H,13-14,18-19H2,1-2H3. The summed E-state index contributed by atoms with van der Waals surface area (Å²) in [5, 5.41) is 0. The number of fused-ring (bicyclic) bond motifs is 1. The molecule has 7 heteroatoms. The van der Waals surface area contributed by atoms with Gasteiger partial charge in [-0.05, 0) is 47.2 Å². The predicted molar refractivity (Wildman–Crippen MR) is 131 cm³/mol. The van der Waals surface area contributed by atoms with Gasteiger partial charge in [0.1, 0.15) is 13.2 Å². The molecule has 0 spiro atoms. The number of nitrogens with zero attached hydrogens (tertiary/aromatic N) is 1. The Morgan fingerprint density at radius 2 is 1.31 bits per heavy atom. The van der Waals surface area contributed by atoms with Gasteiger partial charge in [-0.25, -0.2) is 9.59 Å². The van der Waals surface area contributed by atoms with E-state index >= 15 is 0 Å². The normalized spacial score (nSPS) is 13.8. The Hall–Kier alpha value is -4.13. The summed E-state index contributed by atoms with van der Waals surface area (Å²) in [6, 6.07) is 22.2. The largest absolute Gasteiger partial charge is 0.493 e. The molecule has 0 atom stereocenters. The van der Waals surface area contributed by atoms with Gasteiger partial charge in [0.2, 0.25) is 0 Å². The fourth-order valence-corrected chi connectivity index (χ4v) is 3.91. The summed E-state index contributed by atoms with van der Waals surface area (Å²) in [6.45, 7) is 0.0506. The molecule has 0 amide bonds. The number of hydrogen-bond acceptors (Lipinski definition) is 7. The second kappa shape index (κ2) is 10.9. The van der Waals surface area contributed by atoms with Crippen LogP contribution < -0.4 is 9.47 Å². The Labute approximate surface area is 204 Å². The molecule has 3 aromatic carbocycles. The van der Waals surface area contributed by atoms with E-state index in [0.29, 0.717) is 17.9 Å². The Bertz CT molecular complexity index is 1150. The molecule has 0 radical (unpaired) electrons. The maximum absolute atomic E-state index is 13.4. The minimum Gasteiger partial charge on any atom is -0.493 e. The van der Waals surface area contributed by atoms with Crippen LogP contribution in [0.5, 0.6) is 11.5 Å². The molecule has 0 unspecified atom stereocenters. The minimum absolute atomic E-state index is 0.0253. The minimum atomic E-state index is -1.83. The van der Waals surface area contributed by atoms with Crippen LogP contribution in [0.1, 0.15) is 28.7 Å². The summed E-state index contributed by atoms with van der Waals surface area (Å²) in [7, 11) is 3.10. The van der Waals surface area contributed by atoms with Crippen LogP contribution in [0, 0.1) is 0 Å². The molecule has 4 rings (SSSR count). The molecule has 0 N–H and O–H groups in total. The number of hydrogen-bond donors (Lipinski definition) is 0. The fourth-order valence-electron chi connectivity index (χ4n) is 3.91. The highest BCUT2D eigenvalue weighted by molar-refractivity contribution is 6.07. The van der Waals surface area contributed by atoms with Crippen molar-refractivity contribution >= 4 is 18.2 Å². The van der Waals surface area contributed by atoms with Gasteiger partial charge in [-0.15, -0.1) is 0 Å². The van der Waals surface area contributed by atoms with E-state index in [0.717, 1.165) is 22.3 Å². The van der Waals surface area contributed by atoms with Crippen LogP contribution in [0.25, 0.3) is 0 Å². The lowest BCUT2D eigenvalue weighted by Crippen LogP contribution is -2.47. The fraction of sp³-hybridized carbons (Fsp3) is 0.250. The van der Waals surface area contributed by atoms with E-state index in [2.05, 4.69) is 4.99 Å². The van der Waals surface area contributed by atoms with Crippen molar-refractivity contribution in [3.05, 3.63) is 95.1 Å². The van der Waals surface area contributed by atoms with E-state index < -0.39 is 17.5 Å². The number of esters is 2. The number of ether oxygens (including phenoxy) is 4. The van der Waals surface area contributed by atoms with Gasteiger partial charge < -0.3 is 18.9 Å². The first-order chi connectivity index (χ1) is 17.1. The molecule has 3 aromatic rings. The molecule has 0 fully saturated rings. The van der Waals surface area contributed by atoms with Gasteiger partial charge >= 0.3 is 11.9 Å². The van der Waals surface area contributed by atoms with Crippen molar-refractivity contribution in [3.8, 4) is 11.5 Å². The summed E-state index contributed by atoms with van der Waals surface area (Å²) in [5.74, 6) is -0.404. The van der Waals surface area contributed by atoms with Crippen molar-refractivity contribution in [1.82, 2.24) is 0 Å². The van der Waals surface area contributed by atoms with Crippen LogP contribution in [0.4, 0.5) is 0 Å². The molecule has 1 aliphatic heterocycles. The van der Waals surface area contributed by atoms with Crippen molar-refractivity contribution in [2.24, 2.45) is 4.99 Å². The zero-order valence-corrected chi connectivity index (χ0v) is 19.7. The maximum atomic E-state index is 13.4. The Kier molecular flexibility index (Phi) is 7.45. The first-order valence-electron chi connectivity index (χ1n) is 11.3. The first kappa shape index (κ1) is 24.0. The molecule has 0 aliphatic carbocycles. The van der Waals surface area contributed by atoms with Crippen molar-refractivity contribution in [1.29, 1.82) is 0 Å². The SMILES string of the molecule is COc1cc2c(cc1OC)CCC(C(=O)OCc1ccccc1)(C(=O)OCc1ccccc1)N=C2. The number of aliphatic imine (C=N–C) groups is 1. The number of rotatable bonds is 8. The van der Waals surface area contributed by atoms with E-state index in [1.165, 1.54) is 6.21 Å². The van der Waals surface area contributed by atoms with Gasteiger partial charge in [0, 0.05) is 6.21 Å². The van der Waals surface area contributed by atoms with Gasteiger partial charge in [-0.3, -0.25) is 4.99 Å². The second-order valence-corrected chi connectivity index (χ2v) is 8.15. The van der Waals surface area contributed by atoms with Crippen LogP contribution in [-0.4, -0.2) is 37.9 Å². The van der Waals surface area contributed by atoms with Crippen molar-refractivity contribution in [2.75, 3.05) is 14.2 Å². The lowest BCUT2D eigenvalue weighted by molar-refractivity contribution is -0.166. The average molecular weight is 474 g/mol. The van der Waals surface area contributed by atoms with E-state index in [-0.39, 0.29) is 19.6 Å². The van der Waals surface area contributed by atoms with Crippen molar-refractivity contribution in [3.63, 3.8) is 0 Å². The highest BCUT2D eigenvalue weighted by Crippen LogP contribution is 2.34. The summed E-state index contributed by atoms with van der Waals surface area (Å²) in [6.07, 6.45) is 1.99. The Balaban J connectivity index is 1.62. The summed E-state index contributed by atoms with van der Waals surface area (Å²) < 4.78 is 22.0. The van der Waals surface area contributed by atoms with Gasteiger partial charge in [0.15, 0.2) is 11.5 Å². The first-order valence-corrected chi connectivity index (χ1v) is 11.3. The lowest BCUT2D eigenvalue weighted by atomic mass is 9.92. The van der Waals surface area contributed by atoms with Gasteiger partial charge in [0.05, 0.1) is 14.2 Å². The molecule has 0 saturated carbocycles. The van der Waals surface area contributed by atoms with E-state index in [1.54, 1.807) is 20.3 Å². The Morgan fingerprint density at radius 1 is 0.800 bits per heavy atom. The van der Waals surface area contributed by atoms with E-state index in [9.17, 15) is 9.59 Å². The monoisotopic (exact) mass is 473 g/mol. The number of carbonyl (C=O) groups excluding carboxylic acids is 2. The third-order valence-corrected chi connectivity index (χ3v) is 5.93. The quantitative estimate of drug-likeness (QED) is 0.358. The third-order valence-electron chi connectivity index (χ3n) is 5.93. The topological polar surface area (TPSA) is 83.4 Å². The molecule has 0 bridgehead atoms. The number of benzene rings is 3. The molecule has 180 valence electrons. The van der Waals surface area contributed by atoms with E-state index in [1.807, 2.05) is 66.7 Å². The number of carbonyl (C=O) groups is 2. The smallest absolute Gasteiger partial charge is 0.346 e. The number of aryl methyl sites for hydroxylation is 1. The van der Waals surface area contributed by atoms with Crippen LogP contribution in [0.15, 0.2) is 77.8 Å². The third kappa shape index (κ3) is 5.35. The molecule has 0 saturated heterocycles. The molecule has 1 aliphatic rings. The summed E-state index contributed by atoms with van der Waals surface area (Å²) >= 11 is 0. The van der Waals surface area contributed by atoms with Crippen LogP contribution >= 0.6 is 0 Å². The van der Waals surface area contributed by atoms with Crippen LogP contribution in [0.2, 0.25) is 0 Å². The molecular weight excluding hydrogens is 446 g/mol. The van der Waals surface area contributed by atoms with Crippen LogP contribution in [0.3, 0.4) is 0 Å². The molecule has 1 heterocycles. The highest BCUT2D eigenvalue weighted by atomic mass is 16.6. The van der Waals surface area contributed by atoms with E-state index in [4.69, 9.17) is 18.9 Å². The summed E-state index contributed by atoms with van der Waals surface area (Å²) in [4.78, 5) is 31.3. The molecular formula is C28H27NO6. The average Bonchev–Trinajstić information content (AvgIpc) is 3.11. The van der Waals surface area contributed by atoms with Crippen molar-refractivity contribution < 1.29 is 28.5 Å². The predicted octanol–water partition coefficient (Wildman–Crippen LogP) is 4.29. The Morgan fingerprint density at radius 3 is 1.83 bits per heavy atom.